The quantitative estimate of drug-likeness (QED) is 0.569. The van der Waals surface area contributed by atoms with Crippen LogP contribution in [0.25, 0.3) is 0 Å². The van der Waals surface area contributed by atoms with Crippen molar-refractivity contribution in [1.29, 1.82) is 0 Å². The van der Waals surface area contributed by atoms with Crippen LogP contribution in [0.1, 0.15) is 19.8 Å². The molecule has 2 fully saturated rings. The van der Waals surface area contributed by atoms with Gasteiger partial charge in [0.25, 0.3) is 0 Å². The summed E-state index contributed by atoms with van der Waals surface area (Å²) in [6, 6.07) is 0. The lowest BCUT2D eigenvalue weighted by molar-refractivity contribution is -0.0472. The van der Waals surface area contributed by atoms with Gasteiger partial charge >= 0.3 is 0 Å². The van der Waals surface area contributed by atoms with Crippen molar-refractivity contribution in [2.75, 3.05) is 13.2 Å². The number of hydrogen-bond acceptors (Lipinski definition) is 1. The summed E-state index contributed by atoms with van der Waals surface area (Å²) >= 11 is 0. The summed E-state index contributed by atoms with van der Waals surface area (Å²) in [6.45, 7) is 4.34. The van der Waals surface area contributed by atoms with Gasteiger partial charge in [0.1, 0.15) is 0 Å². The van der Waals surface area contributed by atoms with E-state index in [9.17, 15) is 0 Å². The molecule has 1 aliphatic heterocycles. The monoisotopic (exact) mass is 164 g/mol. The highest BCUT2D eigenvalue weighted by atomic mass is 16.5. The third kappa shape index (κ3) is 0.576. The van der Waals surface area contributed by atoms with Crippen molar-refractivity contribution < 1.29 is 4.74 Å². The van der Waals surface area contributed by atoms with Gasteiger partial charge < -0.3 is 4.74 Å². The smallest absolute Gasteiger partial charge is 0.0566 e. The molecule has 1 heteroatoms. The van der Waals surface area contributed by atoms with Gasteiger partial charge in [-0.05, 0) is 24.2 Å². The van der Waals surface area contributed by atoms with E-state index in [0.29, 0.717) is 5.41 Å². The van der Waals surface area contributed by atoms with Gasteiger partial charge in [-0.2, -0.15) is 0 Å². The van der Waals surface area contributed by atoms with E-state index in [0.717, 1.165) is 31.0 Å². The molecule has 0 amide bonds. The van der Waals surface area contributed by atoms with Gasteiger partial charge in [0.15, 0.2) is 0 Å². The maximum atomic E-state index is 5.58. The fourth-order valence-corrected chi connectivity index (χ4v) is 3.50. The minimum atomic E-state index is 0.542. The first-order valence-corrected chi connectivity index (χ1v) is 5.15. The summed E-state index contributed by atoms with van der Waals surface area (Å²) in [6.07, 6.45) is 7.55. The van der Waals surface area contributed by atoms with E-state index in [-0.39, 0.29) is 0 Å². The Balaban J connectivity index is 1.82. The Kier molecular flexibility index (Phi) is 1.27. The second kappa shape index (κ2) is 2.14. The fourth-order valence-electron chi connectivity index (χ4n) is 3.50. The maximum absolute atomic E-state index is 5.58. The van der Waals surface area contributed by atoms with E-state index < -0.39 is 0 Å². The Labute approximate surface area is 73.8 Å². The Morgan fingerprint density at radius 3 is 3.17 bits per heavy atom. The lowest BCUT2D eigenvalue weighted by Gasteiger charge is -2.60. The molecule has 1 spiro atoms. The summed E-state index contributed by atoms with van der Waals surface area (Å²) < 4.78 is 5.58. The summed E-state index contributed by atoms with van der Waals surface area (Å²) in [5, 5.41) is 0. The molecule has 0 N–H and O–H groups in total. The molecule has 1 saturated carbocycles. The average molecular weight is 164 g/mol. The molecule has 4 atom stereocenters. The third-order valence-corrected chi connectivity index (χ3v) is 4.17. The van der Waals surface area contributed by atoms with Crippen molar-refractivity contribution in [2.45, 2.75) is 19.8 Å². The summed E-state index contributed by atoms with van der Waals surface area (Å²) in [5.74, 6) is 2.74. The lowest BCUT2D eigenvalue weighted by Crippen LogP contribution is -2.58. The Morgan fingerprint density at radius 1 is 1.58 bits per heavy atom. The zero-order chi connectivity index (χ0) is 8.18. The SMILES string of the molecule is CCC[C@@H]1[C@@H]2C=CC23COC[C@@H]13. The molecular formula is C11H16O. The van der Waals surface area contributed by atoms with Crippen molar-refractivity contribution >= 4 is 0 Å². The van der Waals surface area contributed by atoms with Crippen molar-refractivity contribution in [2.24, 2.45) is 23.2 Å². The van der Waals surface area contributed by atoms with Gasteiger partial charge in [0.2, 0.25) is 0 Å². The van der Waals surface area contributed by atoms with E-state index in [1.807, 2.05) is 0 Å². The zero-order valence-corrected chi connectivity index (χ0v) is 7.62. The van der Waals surface area contributed by atoms with Crippen LogP contribution in [0.5, 0.6) is 0 Å². The van der Waals surface area contributed by atoms with Gasteiger partial charge in [0, 0.05) is 5.41 Å². The second-order valence-corrected chi connectivity index (χ2v) is 4.57. The number of ether oxygens (including phenoxy) is 1. The molecule has 1 heterocycles. The van der Waals surface area contributed by atoms with Crippen molar-refractivity contribution in [3.63, 3.8) is 0 Å². The van der Waals surface area contributed by atoms with Crippen molar-refractivity contribution in [3.05, 3.63) is 12.2 Å². The van der Waals surface area contributed by atoms with Crippen LogP contribution in [0, 0.1) is 23.2 Å². The molecule has 1 nitrogen and oxygen atoms in total. The summed E-state index contributed by atoms with van der Waals surface area (Å²) in [4.78, 5) is 0. The van der Waals surface area contributed by atoms with Gasteiger partial charge in [0.05, 0.1) is 13.2 Å². The van der Waals surface area contributed by atoms with E-state index in [4.69, 9.17) is 4.74 Å². The van der Waals surface area contributed by atoms with E-state index in [1.54, 1.807) is 0 Å². The number of allylic oxidation sites excluding steroid dienone is 1. The summed E-state index contributed by atoms with van der Waals surface area (Å²) in [5.41, 5.74) is 0.542. The number of rotatable bonds is 2. The largest absolute Gasteiger partial charge is 0.380 e. The molecule has 0 radical (unpaired) electrons. The molecule has 66 valence electrons. The minimum Gasteiger partial charge on any atom is -0.380 e. The van der Waals surface area contributed by atoms with E-state index >= 15 is 0 Å². The van der Waals surface area contributed by atoms with Gasteiger partial charge in [-0.3, -0.25) is 0 Å². The molecule has 2 aliphatic carbocycles. The standard InChI is InChI=1S/C11H16O/c1-2-3-8-9-4-5-11(9)7-12-6-10(8)11/h4-5,8-10H,2-3,6-7H2,1H3/t8-,9+,10+,11?/m1/s1. The van der Waals surface area contributed by atoms with Crippen LogP contribution in [0.2, 0.25) is 0 Å². The lowest BCUT2D eigenvalue weighted by atomic mass is 9.42. The van der Waals surface area contributed by atoms with Crippen LogP contribution < -0.4 is 0 Å². The predicted octanol–water partition coefficient (Wildman–Crippen LogP) is 2.24. The van der Waals surface area contributed by atoms with Gasteiger partial charge in [-0.25, -0.2) is 0 Å². The molecular weight excluding hydrogens is 148 g/mol. The third-order valence-electron chi connectivity index (χ3n) is 4.17. The van der Waals surface area contributed by atoms with Crippen LogP contribution in [-0.4, -0.2) is 13.2 Å². The Hall–Kier alpha value is -0.300. The van der Waals surface area contributed by atoms with Gasteiger partial charge in [-0.15, -0.1) is 0 Å². The Morgan fingerprint density at radius 2 is 2.50 bits per heavy atom. The first-order valence-electron chi connectivity index (χ1n) is 5.15. The van der Waals surface area contributed by atoms with Crippen LogP contribution >= 0.6 is 0 Å². The zero-order valence-electron chi connectivity index (χ0n) is 7.62. The van der Waals surface area contributed by atoms with Crippen LogP contribution in [0.15, 0.2) is 12.2 Å². The van der Waals surface area contributed by atoms with E-state index in [1.165, 1.54) is 12.8 Å². The fraction of sp³-hybridized carbons (Fsp3) is 0.818. The molecule has 3 rings (SSSR count). The van der Waals surface area contributed by atoms with E-state index in [2.05, 4.69) is 19.1 Å². The first kappa shape index (κ1) is 7.14. The predicted molar refractivity (Wildman–Crippen MR) is 47.8 cm³/mol. The molecule has 1 unspecified atom stereocenters. The highest BCUT2D eigenvalue weighted by Gasteiger charge is 2.65. The Bertz CT molecular complexity index is 233. The van der Waals surface area contributed by atoms with Crippen LogP contribution in [0.4, 0.5) is 0 Å². The highest BCUT2D eigenvalue weighted by Crippen LogP contribution is 2.66. The molecule has 0 bridgehead atoms. The average Bonchev–Trinajstić information content (AvgIpc) is 2.45. The molecule has 3 aliphatic rings. The van der Waals surface area contributed by atoms with Crippen LogP contribution in [-0.2, 0) is 4.74 Å². The molecule has 0 aromatic rings. The van der Waals surface area contributed by atoms with Crippen molar-refractivity contribution in [1.82, 2.24) is 0 Å². The minimum absolute atomic E-state index is 0.542. The topological polar surface area (TPSA) is 9.23 Å². The first-order chi connectivity index (χ1) is 5.88. The molecule has 1 saturated heterocycles. The summed E-state index contributed by atoms with van der Waals surface area (Å²) in [7, 11) is 0. The molecule has 0 aromatic carbocycles. The van der Waals surface area contributed by atoms with Crippen LogP contribution in [0.3, 0.4) is 0 Å². The maximum Gasteiger partial charge on any atom is 0.0566 e. The normalized spacial score (nSPS) is 53.9. The number of hydrogen-bond donors (Lipinski definition) is 0. The van der Waals surface area contributed by atoms with Gasteiger partial charge in [-0.1, -0.05) is 25.5 Å². The molecule has 0 aromatic heterocycles. The second-order valence-electron chi connectivity index (χ2n) is 4.57. The van der Waals surface area contributed by atoms with Crippen molar-refractivity contribution in [3.8, 4) is 0 Å². The molecule has 12 heavy (non-hydrogen) atoms. The highest BCUT2D eigenvalue weighted by molar-refractivity contribution is 5.31.